The Labute approximate surface area is 122 Å². The second-order valence-electron chi connectivity index (χ2n) is 5.19. The number of carboxylic acid groups (broad SMARTS) is 1. The van der Waals surface area contributed by atoms with Crippen LogP contribution in [0, 0.1) is 5.92 Å². The van der Waals surface area contributed by atoms with Crippen LogP contribution >= 0.6 is 0 Å². The summed E-state index contributed by atoms with van der Waals surface area (Å²) in [5.74, 6) is -0.697. The van der Waals surface area contributed by atoms with Gasteiger partial charge in [-0.15, -0.1) is 0 Å². The molecule has 1 fully saturated rings. The summed E-state index contributed by atoms with van der Waals surface area (Å²) in [5.41, 5.74) is 1.57. The van der Waals surface area contributed by atoms with Crippen molar-refractivity contribution in [2.75, 3.05) is 19.8 Å². The van der Waals surface area contributed by atoms with Crippen LogP contribution in [0.3, 0.4) is 0 Å². The van der Waals surface area contributed by atoms with E-state index in [1.54, 1.807) is 0 Å². The monoisotopic (exact) mass is 290 g/mol. The molecule has 2 unspecified atom stereocenters. The third-order valence-electron chi connectivity index (χ3n) is 3.92. The van der Waals surface area contributed by atoms with Gasteiger partial charge in [-0.3, -0.25) is 9.69 Å². The third-order valence-corrected chi connectivity index (χ3v) is 3.92. The van der Waals surface area contributed by atoms with Crippen LogP contribution in [0.25, 0.3) is 11.1 Å². The van der Waals surface area contributed by atoms with Crippen molar-refractivity contribution in [1.29, 1.82) is 0 Å². The minimum absolute atomic E-state index is 0.137. The van der Waals surface area contributed by atoms with E-state index in [9.17, 15) is 9.90 Å². The molecule has 2 atom stereocenters. The Morgan fingerprint density at radius 2 is 2.24 bits per heavy atom. The zero-order chi connectivity index (χ0) is 14.8. The largest absolute Gasteiger partial charge is 0.481 e. The minimum Gasteiger partial charge on any atom is -0.481 e. The summed E-state index contributed by atoms with van der Waals surface area (Å²) in [6.07, 6.45) is 0. The molecule has 0 saturated carbocycles. The number of fused-ring (bicyclic) bond motifs is 1. The van der Waals surface area contributed by atoms with Gasteiger partial charge in [-0.1, -0.05) is 19.1 Å². The second-order valence-corrected chi connectivity index (χ2v) is 5.19. The van der Waals surface area contributed by atoms with Crippen molar-refractivity contribution in [3.63, 3.8) is 0 Å². The molecule has 1 aromatic carbocycles. The summed E-state index contributed by atoms with van der Waals surface area (Å²) in [4.78, 5) is 17.8. The predicted molar refractivity (Wildman–Crippen MR) is 75.8 cm³/mol. The number of aliphatic carboxylic acids is 1. The summed E-state index contributed by atoms with van der Waals surface area (Å²) < 4.78 is 11.1. The molecule has 1 N–H and O–H groups in total. The molecule has 3 rings (SSSR count). The molecule has 0 bridgehead atoms. The molecule has 0 spiro atoms. The van der Waals surface area contributed by atoms with E-state index in [2.05, 4.69) is 9.88 Å². The average molecular weight is 290 g/mol. The number of aromatic nitrogens is 1. The fourth-order valence-electron chi connectivity index (χ4n) is 2.76. The fraction of sp³-hybridized carbons (Fsp3) is 0.467. The maximum atomic E-state index is 11.3. The summed E-state index contributed by atoms with van der Waals surface area (Å²) in [6.45, 7) is 3.91. The standard InChI is InChI=1S/C15H18N2O4/c1-2-17(12-9-20-8-10(12)15(18)19)7-14-16-11-5-3-4-6-13(11)21-14/h3-6,10,12H,2,7-9H2,1H3,(H,18,19). The number of carbonyl (C=O) groups is 1. The molecule has 1 aromatic heterocycles. The molecule has 2 aromatic rings. The number of carboxylic acids is 1. The first-order valence-electron chi connectivity index (χ1n) is 7.08. The molecule has 6 nitrogen and oxygen atoms in total. The van der Waals surface area contributed by atoms with E-state index in [1.807, 2.05) is 31.2 Å². The molecule has 1 aliphatic rings. The third kappa shape index (κ3) is 2.77. The van der Waals surface area contributed by atoms with E-state index in [0.29, 0.717) is 19.0 Å². The maximum absolute atomic E-state index is 11.3. The molecule has 112 valence electrons. The van der Waals surface area contributed by atoms with Crippen molar-refractivity contribution < 1.29 is 19.1 Å². The first-order chi connectivity index (χ1) is 10.2. The molecule has 1 aliphatic heterocycles. The Kier molecular flexibility index (Phi) is 3.90. The lowest BCUT2D eigenvalue weighted by atomic mass is 10.0. The zero-order valence-corrected chi connectivity index (χ0v) is 11.9. The highest BCUT2D eigenvalue weighted by atomic mass is 16.5. The summed E-state index contributed by atoms with van der Waals surface area (Å²) >= 11 is 0. The van der Waals surface area contributed by atoms with Gasteiger partial charge in [0.1, 0.15) is 5.52 Å². The molecule has 0 amide bonds. The van der Waals surface area contributed by atoms with Crippen molar-refractivity contribution in [1.82, 2.24) is 9.88 Å². The zero-order valence-electron chi connectivity index (χ0n) is 11.9. The molecule has 2 heterocycles. The van der Waals surface area contributed by atoms with Gasteiger partial charge in [0, 0.05) is 6.04 Å². The number of hydrogen-bond acceptors (Lipinski definition) is 5. The van der Waals surface area contributed by atoms with Gasteiger partial charge in [0.05, 0.1) is 25.7 Å². The predicted octanol–water partition coefficient (Wildman–Crippen LogP) is 1.75. The SMILES string of the molecule is CCN(Cc1nc2ccccc2o1)C1COCC1C(=O)O. The number of benzene rings is 1. The normalized spacial score (nSPS) is 22.2. The Bertz CT molecular complexity index is 606. The van der Waals surface area contributed by atoms with Crippen molar-refractivity contribution in [3.8, 4) is 0 Å². The molecule has 6 heteroatoms. The lowest BCUT2D eigenvalue weighted by Gasteiger charge is -2.27. The highest BCUT2D eigenvalue weighted by Crippen LogP contribution is 2.23. The highest BCUT2D eigenvalue weighted by molar-refractivity contribution is 5.72. The van der Waals surface area contributed by atoms with Crippen LogP contribution in [0.4, 0.5) is 0 Å². The topological polar surface area (TPSA) is 75.8 Å². The summed E-state index contributed by atoms with van der Waals surface area (Å²) in [5, 5.41) is 9.26. The number of oxazole rings is 1. The van der Waals surface area contributed by atoms with E-state index < -0.39 is 11.9 Å². The number of para-hydroxylation sites is 2. The molecular weight excluding hydrogens is 272 g/mol. The maximum Gasteiger partial charge on any atom is 0.310 e. The minimum atomic E-state index is -0.812. The van der Waals surface area contributed by atoms with Crippen molar-refractivity contribution in [2.24, 2.45) is 5.92 Å². The Hall–Kier alpha value is -1.92. The van der Waals surface area contributed by atoms with Crippen LogP contribution in [-0.2, 0) is 16.1 Å². The van der Waals surface area contributed by atoms with E-state index in [1.165, 1.54) is 0 Å². The van der Waals surface area contributed by atoms with Crippen molar-refractivity contribution >= 4 is 17.1 Å². The molecular formula is C15H18N2O4. The van der Waals surface area contributed by atoms with Crippen LogP contribution in [-0.4, -0.2) is 46.8 Å². The van der Waals surface area contributed by atoms with Crippen LogP contribution in [0.2, 0.25) is 0 Å². The van der Waals surface area contributed by atoms with Crippen LogP contribution in [0.5, 0.6) is 0 Å². The second kappa shape index (κ2) is 5.83. The first kappa shape index (κ1) is 14.0. The van der Waals surface area contributed by atoms with Gasteiger partial charge >= 0.3 is 5.97 Å². The van der Waals surface area contributed by atoms with Crippen LogP contribution in [0.15, 0.2) is 28.7 Å². The Morgan fingerprint density at radius 3 is 2.95 bits per heavy atom. The smallest absolute Gasteiger partial charge is 0.310 e. The van der Waals surface area contributed by atoms with Crippen LogP contribution in [0.1, 0.15) is 12.8 Å². The van der Waals surface area contributed by atoms with Crippen LogP contribution < -0.4 is 0 Å². The van der Waals surface area contributed by atoms with Gasteiger partial charge in [0.25, 0.3) is 0 Å². The fourth-order valence-corrected chi connectivity index (χ4v) is 2.76. The molecule has 1 saturated heterocycles. The van der Waals surface area contributed by atoms with E-state index in [0.717, 1.165) is 17.6 Å². The molecule has 0 aliphatic carbocycles. The number of nitrogens with zero attached hydrogens (tertiary/aromatic N) is 2. The van der Waals surface area contributed by atoms with Gasteiger partial charge in [0.15, 0.2) is 5.58 Å². The summed E-state index contributed by atoms with van der Waals surface area (Å²) in [6, 6.07) is 7.46. The molecule has 0 radical (unpaired) electrons. The highest BCUT2D eigenvalue weighted by Gasteiger charge is 2.37. The van der Waals surface area contributed by atoms with Gasteiger partial charge in [-0.25, -0.2) is 4.98 Å². The first-order valence-corrected chi connectivity index (χ1v) is 7.08. The van der Waals surface area contributed by atoms with E-state index in [-0.39, 0.29) is 12.6 Å². The Morgan fingerprint density at radius 1 is 1.43 bits per heavy atom. The lowest BCUT2D eigenvalue weighted by Crippen LogP contribution is -2.42. The average Bonchev–Trinajstić information content (AvgIpc) is 3.10. The quantitative estimate of drug-likeness (QED) is 0.904. The van der Waals surface area contributed by atoms with E-state index >= 15 is 0 Å². The van der Waals surface area contributed by atoms with Crippen molar-refractivity contribution in [2.45, 2.75) is 19.5 Å². The summed E-state index contributed by atoms with van der Waals surface area (Å²) in [7, 11) is 0. The van der Waals surface area contributed by atoms with Gasteiger partial charge in [-0.2, -0.15) is 0 Å². The van der Waals surface area contributed by atoms with Gasteiger partial charge in [0.2, 0.25) is 5.89 Å². The van der Waals surface area contributed by atoms with Gasteiger partial charge < -0.3 is 14.3 Å². The number of rotatable bonds is 5. The van der Waals surface area contributed by atoms with E-state index in [4.69, 9.17) is 9.15 Å². The molecule has 21 heavy (non-hydrogen) atoms. The number of likely N-dealkylation sites (N-methyl/N-ethyl adjacent to an activating group) is 1. The Balaban J connectivity index is 1.79. The van der Waals surface area contributed by atoms with Crippen molar-refractivity contribution in [3.05, 3.63) is 30.2 Å². The lowest BCUT2D eigenvalue weighted by molar-refractivity contribution is -0.143. The van der Waals surface area contributed by atoms with Gasteiger partial charge in [-0.05, 0) is 18.7 Å². The number of ether oxygens (including phenoxy) is 1. The number of hydrogen-bond donors (Lipinski definition) is 1.